The van der Waals surface area contributed by atoms with E-state index in [9.17, 15) is 18.0 Å². The third kappa shape index (κ3) is 5.52. The average molecular weight is 548 g/mol. The molecule has 2 aliphatic heterocycles. The van der Waals surface area contributed by atoms with Crippen LogP contribution in [0.25, 0.3) is 0 Å². The molecule has 3 heterocycles. The van der Waals surface area contributed by atoms with Crippen LogP contribution in [0.5, 0.6) is 0 Å². The van der Waals surface area contributed by atoms with Crippen LogP contribution < -0.4 is 15.1 Å². The largest absolute Gasteiger partial charge is 0.447 e. The lowest BCUT2D eigenvalue weighted by Crippen LogP contribution is -2.49. The van der Waals surface area contributed by atoms with E-state index in [0.717, 1.165) is 0 Å². The molecule has 5 rings (SSSR count). The van der Waals surface area contributed by atoms with Crippen molar-refractivity contribution in [1.29, 1.82) is 5.26 Å². The minimum atomic E-state index is -3.75. The number of benzene rings is 2. The molecule has 12 nitrogen and oxygen atoms in total. The van der Waals surface area contributed by atoms with Crippen LogP contribution in [0.2, 0.25) is 0 Å². The van der Waals surface area contributed by atoms with Gasteiger partial charge in [0.1, 0.15) is 18.4 Å². The lowest BCUT2D eigenvalue weighted by Gasteiger charge is -2.34. The molecule has 13 heteroatoms. The van der Waals surface area contributed by atoms with Gasteiger partial charge in [0.05, 0.1) is 11.4 Å². The number of sulfonamides is 1. The molecule has 3 aromatic rings. The number of carbonyl (C=O) groups is 2. The fourth-order valence-electron chi connectivity index (χ4n) is 4.39. The van der Waals surface area contributed by atoms with Crippen LogP contribution in [0.4, 0.5) is 22.1 Å². The molecule has 0 spiro atoms. The van der Waals surface area contributed by atoms with Crippen molar-refractivity contribution in [3.05, 3.63) is 71.5 Å². The highest BCUT2D eigenvalue weighted by Gasteiger charge is 2.30. The Kier molecular flexibility index (Phi) is 7.14. The predicted octanol–water partition coefficient (Wildman–Crippen LogP) is 2.38. The third-order valence-corrected chi connectivity index (χ3v) is 8.32. The van der Waals surface area contributed by atoms with Gasteiger partial charge < -0.3 is 15.0 Å². The molecular formula is C26H25N7O5S. The highest BCUT2D eigenvalue weighted by atomic mass is 32.2. The predicted molar refractivity (Wildman–Crippen MR) is 142 cm³/mol. The highest BCUT2D eigenvalue weighted by molar-refractivity contribution is 7.89. The minimum absolute atomic E-state index is 0.113. The summed E-state index contributed by atoms with van der Waals surface area (Å²) in [5.41, 5.74) is 2.28. The standard InChI is InChI=1S/C26H25N7O5S/c1-18-15-21(17-27)30-25(28-18)31-9-11-32(12-10-31)39(36,37)23-7-5-20(6-8-23)29-24(34)19-3-2-4-22(16-19)33-13-14-38-26(33)35/h2-8,15-16H,9-14H2,1H3,(H,29,34). The van der Waals surface area contributed by atoms with Gasteiger partial charge in [-0.1, -0.05) is 6.07 Å². The zero-order valence-corrected chi connectivity index (χ0v) is 21.9. The molecule has 2 fully saturated rings. The van der Waals surface area contributed by atoms with E-state index in [-0.39, 0.29) is 23.7 Å². The Bertz CT molecular complexity index is 1560. The van der Waals surface area contributed by atoms with Crippen molar-refractivity contribution >= 4 is 39.3 Å². The number of cyclic esters (lactones) is 1. The number of ether oxygens (including phenoxy) is 1. The summed E-state index contributed by atoms with van der Waals surface area (Å²) in [6.45, 7) is 3.73. The number of rotatable bonds is 6. The summed E-state index contributed by atoms with van der Waals surface area (Å²) in [7, 11) is -3.75. The quantitative estimate of drug-likeness (QED) is 0.491. The average Bonchev–Trinajstić information content (AvgIpc) is 3.39. The smallest absolute Gasteiger partial charge is 0.414 e. The molecular weight excluding hydrogens is 522 g/mol. The molecule has 200 valence electrons. The topological polar surface area (TPSA) is 149 Å². The molecule has 2 aliphatic rings. The first-order valence-corrected chi connectivity index (χ1v) is 13.7. The van der Waals surface area contributed by atoms with Gasteiger partial charge in [0.2, 0.25) is 16.0 Å². The number of carbonyl (C=O) groups excluding carboxylic acids is 2. The van der Waals surface area contributed by atoms with Crippen molar-refractivity contribution in [3.8, 4) is 6.07 Å². The second-order valence-corrected chi connectivity index (χ2v) is 10.9. The molecule has 0 atom stereocenters. The number of piperazine rings is 1. The van der Waals surface area contributed by atoms with Gasteiger partial charge in [-0.05, 0) is 55.5 Å². The fraction of sp³-hybridized carbons (Fsp3) is 0.269. The zero-order chi connectivity index (χ0) is 27.6. The maximum absolute atomic E-state index is 13.2. The first-order valence-electron chi connectivity index (χ1n) is 12.2. The van der Waals surface area contributed by atoms with E-state index in [0.29, 0.717) is 54.8 Å². The summed E-state index contributed by atoms with van der Waals surface area (Å²) >= 11 is 0. The summed E-state index contributed by atoms with van der Waals surface area (Å²) in [5.74, 6) is 0.0173. The number of aromatic nitrogens is 2. The number of aryl methyl sites for hydroxylation is 1. The van der Waals surface area contributed by atoms with Crippen molar-refractivity contribution < 1.29 is 22.7 Å². The lowest BCUT2D eigenvalue weighted by atomic mass is 10.1. The number of anilines is 3. The Morgan fingerprint density at radius 1 is 1.03 bits per heavy atom. The normalized spacial score (nSPS) is 16.1. The van der Waals surface area contributed by atoms with Gasteiger partial charge in [-0.3, -0.25) is 9.69 Å². The summed E-state index contributed by atoms with van der Waals surface area (Å²) in [6.07, 6.45) is -0.456. The summed E-state index contributed by atoms with van der Waals surface area (Å²) < 4.78 is 32.8. The molecule has 39 heavy (non-hydrogen) atoms. The van der Waals surface area contributed by atoms with Crippen molar-refractivity contribution in [1.82, 2.24) is 14.3 Å². The van der Waals surface area contributed by atoms with E-state index in [4.69, 9.17) is 10.00 Å². The Hall–Kier alpha value is -4.54. The Morgan fingerprint density at radius 2 is 1.77 bits per heavy atom. The molecule has 0 aliphatic carbocycles. The number of nitrogens with zero attached hydrogens (tertiary/aromatic N) is 6. The number of nitriles is 1. The van der Waals surface area contributed by atoms with E-state index >= 15 is 0 Å². The highest BCUT2D eigenvalue weighted by Crippen LogP contribution is 2.23. The maximum atomic E-state index is 13.2. The van der Waals surface area contributed by atoms with Gasteiger partial charge in [-0.2, -0.15) is 9.57 Å². The van der Waals surface area contributed by atoms with Crippen LogP contribution in [0, 0.1) is 18.3 Å². The van der Waals surface area contributed by atoms with Gasteiger partial charge in [-0.15, -0.1) is 0 Å². The zero-order valence-electron chi connectivity index (χ0n) is 21.1. The first-order chi connectivity index (χ1) is 18.7. The first kappa shape index (κ1) is 26.1. The van der Waals surface area contributed by atoms with E-state index in [1.54, 1.807) is 37.3 Å². The van der Waals surface area contributed by atoms with Gasteiger partial charge in [0.25, 0.3) is 5.91 Å². The van der Waals surface area contributed by atoms with E-state index in [1.165, 1.54) is 33.5 Å². The number of amides is 2. The van der Waals surface area contributed by atoms with Crippen molar-refractivity contribution in [2.75, 3.05) is 54.4 Å². The van der Waals surface area contributed by atoms with Crippen LogP contribution in [-0.2, 0) is 14.8 Å². The molecule has 2 amide bonds. The summed E-state index contributed by atoms with van der Waals surface area (Å²) in [6, 6.07) is 16.2. The molecule has 2 saturated heterocycles. The van der Waals surface area contributed by atoms with Crippen LogP contribution >= 0.6 is 0 Å². The second-order valence-electron chi connectivity index (χ2n) is 8.99. The Morgan fingerprint density at radius 3 is 2.44 bits per heavy atom. The number of nitrogens with one attached hydrogen (secondary N) is 1. The van der Waals surface area contributed by atoms with E-state index < -0.39 is 22.0 Å². The van der Waals surface area contributed by atoms with Crippen molar-refractivity contribution in [3.63, 3.8) is 0 Å². The number of hydrogen-bond acceptors (Lipinski definition) is 9. The molecule has 0 bridgehead atoms. The van der Waals surface area contributed by atoms with Crippen LogP contribution in [0.1, 0.15) is 21.7 Å². The van der Waals surface area contributed by atoms with E-state index in [1.807, 2.05) is 11.0 Å². The van der Waals surface area contributed by atoms with Gasteiger partial charge in [-0.25, -0.2) is 23.2 Å². The number of hydrogen-bond donors (Lipinski definition) is 1. The van der Waals surface area contributed by atoms with Crippen LogP contribution in [-0.4, -0.2) is 74.0 Å². The Labute approximate surface area is 225 Å². The molecule has 2 aromatic carbocycles. The summed E-state index contributed by atoms with van der Waals surface area (Å²) in [4.78, 5) is 36.7. The third-order valence-electron chi connectivity index (χ3n) is 6.41. The van der Waals surface area contributed by atoms with Crippen molar-refractivity contribution in [2.45, 2.75) is 11.8 Å². The lowest BCUT2D eigenvalue weighted by molar-refractivity contribution is 0.102. The second kappa shape index (κ2) is 10.7. The molecule has 1 N–H and O–H groups in total. The van der Waals surface area contributed by atoms with E-state index in [2.05, 4.69) is 15.3 Å². The molecule has 0 radical (unpaired) electrons. The monoisotopic (exact) mass is 547 g/mol. The fourth-order valence-corrected chi connectivity index (χ4v) is 5.81. The van der Waals surface area contributed by atoms with Gasteiger partial charge in [0.15, 0.2) is 0 Å². The van der Waals surface area contributed by atoms with Gasteiger partial charge in [0, 0.05) is 48.8 Å². The Balaban J connectivity index is 1.22. The minimum Gasteiger partial charge on any atom is -0.447 e. The van der Waals surface area contributed by atoms with Crippen molar-refractivity contribution in [2.24, 2.45) is 0 Å². The van der Waals surface area contributed by atoms with Crippen LogP contribution in [0.15, 0.2) is 59.5 Å². The molecule has 1 aromatic heterocycles. The summed E-state index contributed by atoms with van der Waals surface area (Å²) in [5, 5.41) is 11.9. The van der Waals surface area contributed by atoms with Crippen LogP contribution in [0.3, 0.4) is 0 Å². The molecule has 0 saturated carbocycles. The maximum Gasteiger partial charge on any atom is 0.414 e. The molecule has 0 unspecified atom stereocenters. The van der Waals surface area contributed by atoms with Gasteiger partial charge >= 0.3 is 6.09 Å². The SMILES string of the molecule is Cc1cc(C#N)nc(N2CCN(S(=O)(=O)c3ccc(NC(=O)c4cccc(N5CCOC5=O)c4)cc3)CC2)n1.